The average Bonchev–Trinajstić information content (AvgIpc) is 2.05. The minimum atomic E-state index is -0.626. The highest BCUT2D eigenvalue weighted by atomic mass is 28.3. The van der Waals surface area contributed by atoms with Gasteiger partial charge >= 0.3 is 0 Å². The number of hydrogen-bond donors (Lipinski definition) is 1. The molecule has 1 nitrogen and oxygen atoms in total. The summed E-state index contributed by atoms with van der Waals surface area (Å²) in [6.07, 6.45) is 0. The first-order valence-corrected chi connectivity index (χ1v) is 6.91. The third-order valence-corrected chi connectivity index (χ3v) is 3.55. The second-order valence-corrected chi connectivity index (χ2v) is 6.08. The van der Waals surface area contributed by atoms with Crippen molar-refractivity contribution in [3.8, 4) is 0 Å². The molecule has 0 fully saturated rings. The van der Waals surface area contributed by atoms with Gasteiger partial charge in [0.15, 0.2) is 0 Å². The number of benzene rings is 1. The van der Waals surface area contributed by atoms with Crippen LogP contribution in [0.5, 0.6) is 0 Å². The first-order chi connectivity index (χ1) is 5.24. The maximum absolute atomic E-state index is 5.53. The fourth-order valence-electron chi connectivity index (χ4n) is 1.08. The molecule has 1 aromatic carbocycles. The van der Waals surface area contributed by atoms with Crippen molar-refractivity contribution in [1.29, 1.82) is 0 Å². The molecule has 0 atom stereocenters. The summed E-state index contributed by atoms with van der Waals surface area (Å²) in [5.41, 5.74) is 6.79. The Morgan fingerprint density at radius 2 is 2.00 bits per heavy atom. The summed E-state index contributed by atoms with van der Waals surface area (Å²) in [4.78, 5) is 0. The van der Waals surface area contributed by atoms with Gasteiger partial charge in [0.25, 0.3) is 0 Å². The van der Waals surface area contributed by atoms with Crippen LogP contribution in [0.1, 0.15) is 5.56 Å². The summed E-state index contributed by atoms with van der Waals surface area (Å²) in [6, 6.07) is 8.62. The van der Waals surface area contributed by atoms with Crippen molar-refractivity contribution in [3.05, 3.63) is 29.8 Å². The van der Waals surface area contributed by atoms with Crippen LogP contribution >= 0.6 is 0 Å². The van der Waals surface area contributed by atoms with Gasteiger partial charge in [-0.25, -0.2) is 0 Å². The van der Waals surface area contributed by atoms with Crippen molar-refractivity contribution in [3.63, 3.8) is 0 Å². The molecule has 0 aliphatic heterocycles. The highest BCUT2D eigenvalue weighted by Crippen LogP contribution is 1.95. The summed E-state index contributed by atoms with van der Waals surface area (Å²) in [5.74, 6) is 0. The molecule has 2 N–H and O–H groups in total. The molecule has 0 spiro atoms. The van der Waals surface area contributed by atoms with E-state index in [0.29, 0.717) is 6.54 Å². The summed E-state index contributed by atoms with van der Waals surface area (Å²) in [7, 11) is -0.626. The molecule has 0 heterocycles. The van der Waals surface area contributed by atoms with E-state index in [9.17, 15) is 0 Å². The Balaban J connectivity index is 0.00000121. The summed E-state index contributed by atoms with van der Waals surface area (Å²) in [6.45, 7) is 5.32. The predicted octanol–water partition coefficient (Wildman–Crippen LogP) is 0.991. The summed E-state index contributed by atoms with van der Waals surface area (Å²) in [5, 5.41) is 1.51. The van der Waals surface area contributed by atoms with Gasteiger partial charge in [-0.1, -0.05) is 42.5 Å². The molecule has 0 saturated heterocycles. The van der Waals surface area contributed by atoms with E-state index < -0.39 is 8.80 Å². The topological polar surface area (TPSA) is 26.0 Å². The van der Waals surface area contributed by atoms with Gasteiger partial charge < -0.3 is 5.73 Å². The van der Waals surface area contributed by atoms with E-state index in [-0.39, 0.29) is 4.70 Å². The normalized spacial score (nSPS) is 9.67. The molecule has 0 aliphatic rings. The third-order valence-electron chi connectivity index (χ3n) is 1.85. The molecule has 1 rings (SSSR count). The van der Waals surface area contributed by atoms with E-state index in [1.165, 1.54) is 10.8 Å². The average molecular weight is 185 g/mol. The Morgan fingerprint density at radius 3 is 2.50 bits per heavy atom. The van der Waals surface area contributed by atoms with Crippen LogP contribution in [0.3, 0.4) is 0 Å². The fourth-order valence-corrected chi connectivity index (χ4v) is 2.12. The Hall–Kier alpha value is -0.673. The predicted molar refractivity (Wildman–Crippen MR) is 55.3 cm³/mol. The van der Waals surface area contributed by atoms with Crippen molar-refractivity contribution in [2.75, 3.05) is 0 Å². The molecule has 0 unspecified atom stereocenters. The molecule has 68 valence electrons. The zero-order chi connectivity index (χ0) is 8.27. The summed E-state index contributed by atoms with van der Waals surface area (Å²) < 4.78 is 0. The van der Waals surface area contributed by atoms with Crippen LogP contribution in [-0.4, -0.2) is 8.80 Å². The number of hydrogen-bond acceptors (Lipinski definition) is 1. The molecular formula is C9H16FNSi. The van der Waals surface area contributed by atoms with Gasteiger partial charge in [-0.05, 0) is 5.56 Å². The second kappa shape index (κ2) is 5.06. The lowest BCUT2D eigenvalue weighted by molar-refractivity contribution is 1.07. The van der Waals surface area contributed by atoms with E-state index in [1.54, 1.807) is 0 Å². The van der Waals surface area contributed by atoms with Crippen molar-refractivity contribution in [1.82, 2.24) is 0 Å². The van der Waals surface area contributed by atoms with Gasteiger partial charge in [0.2, 0.25) is 0 Å². The highest BCUT2D eigenvalue weighted by molar-refractivity contribution is 6.70. The van der Waals surface area contributed by atoms with E-state index in [2.05, 4.69) is 37.4 Å². The minimum Gasteiger partial charge on any atom is -0.326 e. The molecule has 12 heavy (non-hydrogen) atoms. The lowest BCUT2D eigenvalue weighted by Gasteiger charge is -2.04. The largest absolute Gasteiger partial charge is 0.326 e. The third kappa shape index (κ3) is 2.75. The first-order valence-electron chi connectivity index (χ1n) is 4.03. The van der Waals surface area contributed by atoms with Gasteiger partial charge in [-0.15, -0.1) is 0 Å². The Bertz CT molecular complexity index is 238. The van der Waals surface area contributed by atoms with E-state index in [4.69, 9.17) is 5.73 Å². The quantitative estimate of drug-likeness (QED) is 0.683. The van der Waals surface area contributed by atoms with E-state index >= 15 is 0 Å². The van der Waals surface area contributed by atoms with Crippen LogP contribution in [0.2, 0.25) is 13.1 Å². The highest BCUT2D eigenvalue weighted by Gasteiger charge is 1.99. The van der Waals surface area contributed by atoms with E-state index in [0.717, 1.165) is 0 Å². The lowest BCUT2D eigenvalue weighted by atomic mass is 10.2. The molecule has 0 aliphatic carbocycles. The molecule has 0 amide bonds. The molecule has 0 saturated carbocycles. The molecule has 0 bridgehead atoms. The van der Waals surface area contributed by atoms with Gasteiger partial charge in [0.1, 0.15) is 0 Å². The Morgan fingerprint density at radius 1 is 1.33 bits per heavy atom. The van der Waals surface area contributed by atoms with Gasteiger partial charge in [-0.2, -0.15) is 0 Å². The van der Waals surface area contributed by atoms with Crippen molar-refractivity contribution in [2.24, 2.45) is 5.73 Å². The minimum absolute atomic E-state index is 0. The second-order valence-electron chi connectivity index (χ2n) is 3.10. The van der Waals surface area contributed by atoms with Crippen molar-refractivity contribution < 1.29 is 4.70 Å². The van der Waals surface area contributed by atoms with Crippen LogP contribution in [0.4, 0.5) is 4.70 Å². The van der Waals surface area contributed by atoms with Gasteiger partial charge in [0, 0.05) is 6.54 Å². The molecule has 1 aromatic rings. The molecule has 0 radical (unpaired) electrons. The molecular weight excluding hydrogens is 169 g/mol. The molecule has 0 aromatic heterocycles. The Kier molecular flexibility index (Phi) is 4.77. The van der Waals surface area contributed by atoms with Crippen LogP contribution in [-0.2, 0) is 6.54 Å². The fraction of sp³-hybridized carbons (Fsp3) is 0.333. The number of halogens is 1. The SMILES string of the molecule is C[SiH](C)c1cccc(CN)c1.F. The van der Waals surface area contributed by atoms with Crippen LogP contribution < -0.4 is 10.9 Å². The van der Waals surface area contributed by atoms with Crippen LogP contribution in [0.25, 0.3) is 0 Å². The standard InChI is InChI=1S/C9H15NSi.FH/c1-11(2)9-5-3-4-8(6-9)7-10;/h3-6,11H,7,10H2,1-2H3;1H. The van der Waals surface area contributed by atoms with Crippen molar-refractivity contribution >= 4 is 14.0 Å². The maximum atomic E-state index is 5.53. The van der Waals surface area contributed by atoms with Gasteiger partial charge in [-0.3, -0.25) is 4.70 Å². The van der Waals surface area contributed by atoms with Crippen LogP contribution in [0, 0.1) is 0 Å². The summed E-state index contributed by atoms with van der Waals surface area (Å²) >= 11 is 0. The zero-order valence-electron chi connectivity index (χ0n) is 7.58. The molecule has 3 heteroatoms. The maximum Gasteiger partial charge on any atom is 0.0647 e. The smallest absolute Gasteiger partial charge is 0.0647 e. The lowest BCUT2D eigenvalue weighted by Crippen LogP contribution is -2.22. The number of nitrogens with two attached hydrogens (primary N) is 1. The number of rotatable bonds is 2. The van der Waals surface area contributed by atoms with Crippen LogP contribution in [0.15, 0.2) is 24.3 Å². The first kappa shape index (κ1) is 11.3. The van der Waals surface area contributed by atoms with Crippen molar-refractivity contribution in [2.45, 2.75) is 19.6 Å². The van der Waals surface area contributed by atoms with E-state index in [1.807, 2.05) is 0 Å². The van der Waals surface area contributed by atoms with Gasteiger partial charge in [0.05, 0.1) is 8.80 Å². The Labute approximate surface area is 74.6 Å². The zero-order valence-corrected chi connectivity index (χ0v) is 8.73. The monoisotopic (exact) mass is 185 g/mol.